The summed E-state index contributed by atoms with van der Waals surface area (Å²) in [6.07, 6.45) is 0. The highest BCUT2D eigenvalue weighted by Crippen LogP contribution is 2.45. The zero-order valence-corrected chi connectivity index (χ0v) is 19.3. The largest absolute Gasteiger partial charge is 0.478 e. The maximum absolute atomic E-state index is 13.0. The van der Waals surface area contributed by atoms with E-state index in [1.807, 2.05) is 6.07 Å². The average Bonchev–Trinajstić information content (AvgIpc) is 2.83. The van der Waals surface area contributed by atoms with E-state index in [9.17, 15) is 24.8 Å². The molecular formula is C23H17Cl2N3O6. The van der Waals surface area contributed by atoms with Crippen LogP contribution in [-0.4, -0.2) is 37.2 Å². The van der Waals surface area contributed by atoms with Gasteiger partial charge in [-0.3, -0.25) is 4.90 Å². The molecule has 1 unspecified atom stereocenters. The van der Waals surface area contributed by atoms with Crippen LogP contribution < -0.4 is 10.6 Å². The highest BCUT2D eigenvalue weighted by Gasteiger charge is 2.43. The van der Waals surface area contributed by atoms with E-state index < -0.39 is 29.4 Å². The first-order valence-corrected chi connectivity index (χ1v) is 10.3. The second kappa shape index (κ2) is 9.87. The number of ether oxygens (including phenoxy) is 2. The molecule has 174 valence electrons. The van der Waals surface area contributed by atoms with Gasteiger partial charge in [-0.05, 0) is 17.7 Å². The number of halogens is 2. The maximum Gasteiger partial charge on any atom is 0.355 e. The number of aromatic carboxylic acids is 1. The van der Waals surface area contributed by atoms with Crippen molar-refractivity contribution in [1.82, 2.24) is 0 Å². The lowest BCUT2D eigenvalue weighted by Crippen LogP contribution is -2.41. The molecule has 11 heteroatoms. The molecule has 1 heterocycles. The van der Waals surface area contributed by atoms with Gasteiger partial charge in [-0.15, -0.1) is 0 Å². The lowest BCUT2D eigenvalue weighted by molar-refractivity contribution is -0.139. The molecule has 0 aromatic heterocycles. The molecule has 9 nitrogen and oxygen atoms in total. The molecule has 34 heavy (non-hydrogen) atoms. The Bertz CT molecular complexity index is 1300. The molecule has 0 spiro atoms. The average molecular weight is 502 g/mol. The number of anilines is 1. The minimum atomic E-state index is -1.43. The molecule has 0 fully saturated rings. The molecule has 3 rings (SSSR count). The number of allylic oxidation sites excluding steroid dienone is 1. The van der Waals surface area contributed by atoms with Crippen molar-refractivity contribution < 1.29 is 29.0 Å². The van der Waals surface area contributed by atoms with E-state index in [2.05, 4.69) is 0 Å². The van der Waals surface area contributed by atoms with Crippen LogP contribution in [0.15, 0.2) is 65.1 Å². The van der Waals surface area contributed by atoms with Crippen molar-refractivity contribution in [3.05, 3.63) is 86.3 Å². The summed E-state index contributed by atoms with van der Waals surface area (Å²) in [5.74, 6) is -4.69. The van der Waals surface area contributed by atoms with Crippen molar-refractivity contribution in [2.45, 2.75) is 5.92 Å². The smallest absolute Gasteiger partial charge is 0.355 e. The number of carbonyl (C=O) groups is 3. The third-order valence-electron chi connectivity index (χ3n) is 5.14. The summed E-state index contributed by atoms with van der Waals surface area (Å²) >= 11 is 12.4. The van der Waals surface area contributed by atoms with Gasteiger partial charge < -0.3 is 20.3 Å². The van der Waals surface area contributed by atoms with Gasteiger partial charge in [-0.1, -0.05) is 53.5 Å². The zero-order valence-electron chi connectivity index (χ0n) is 17.8. The van der Waals surface area contributed by atoms with Gasteiger partial charge in [-0.2, -0.15) is 5.26 Å². The number of carboxylic acid groups (broad SMARTS) is 1. The number of hydrogen-bond acceptors (Lipinski definition) is 8. The Kier molecular flexibility index (Phi) is 7.15. The summed E-state index contributed by atoms with van der Waals surface area (Å²) < 4.78 is 9.85. The van der Waals surface area contributed by atoms with E-state index in [1.54, 1.807) is 30.3 Å². The van der Waals surface area contributed by atoms with Crippen LogP contribution in [-0.2, 0) is 19.1 Å². The summed E-state index contributed by atoms with van der Waals surface area (Å²) in [6, 6.07) is 13.0. The Labute approximate surface area is 204 Å². The Balaban J connectivity index is 2.48. The number of esters is 2. The van der Waals surface area contributed by atoms with Crippen molar-refractivity contribution >= 4 is 46.8 Å². The fourth-order valence-electron chi connectivity index (χ4n) is 3.67. The number of nitrogens with two attached hydrogens (primary N) is 1. The van der Waals surface area contributed by atoms with Gasteiger partial charge >= 0.3 is 17.9 Å². The quantitative estimate of drug-likeness (QED) is 0.587. The second-order valence-electron chi connectivity index (χ2n) is 6.90. The minimum Gasteiger partial charge on any atom is -0.478 e. The zero-order chi connectivity index (χ0) is 25.2. The van der Waals surface area contributed by atoms with Crippen LogP contribution in [0.4, 0.5) is 5.69 Å². The van der Waals surface area contributed by atoms with Gasteiger partial charge in [0.2, 0.25) is 0 Å². The van der Waals surface area contributed by atoms with Crippen molar-refractivity contribution in [1.29, 1.82) is 5.26 Å². The van der Waals surface area contributed by atoms with Gasteiger partial charge in [0.25, 0.3) is 0 Å². The number of hydrogen-bond donors (Lipinski definition) is 2. The van der Waals surface area contributed by atoms with Crippen LogP contribution >= 0.6 is 23.2 Å². The Hall–Kier alpha value is -4.00. The molecule has 2 aromatic rings. The highest BCUT2D eigenvalue weighted by atomic mass is 35.5. The van der Waals surface area contributed by atoms with Crippen LogP contribution in [0.2, 0.25) is 10.0 Å². The van der Waals surface area contributed by atoms with Gasteiger partial charge in [0, 0.05) is 0 Å². The number of benzene rings is 2. The predicted octanol–water partition coefficient (Wildman–Crippen LogP) is 3.59. The second-order valence-corrected chi connectivity index (χ2v) is 7.68. The Morgan fingerprint density at radius 2 is 1.68 bits per heavy atom. The standard InChI is InChI=1S/C23H17Cl2N3O6/c1-33-22(31)17-15(11-6-4-3-5-7-11)12(10-26)20(27)28(19(17)23(32)34-2)14-9-8-13(24)16(18(14)25)21(29)30/h3-9,15H,27H2,1-2H3,(H,29,30). The van der Waals surface area contributed by atoms with E-state index in [1.165, 1.54) is 12.1 Å². The van der Waals surface area contributed by atoms with Crippen LogP contribution in [0.1, 0.15) is 21.8 Å². The van der Waals surface area contributed by atoms with Crippen LogP contribution in [0.5, 0.6) is 0 Å². The monoisotopic (exact) mass is 501 g/mol. The van der Waals surface area contributed by atoms with Gasteiger partial charge in [0.15, 0.2) is 0 Å². The number of nitrogens with zero attached hydrogens (tertiary/aromatic N) is 2. The number of carbonyl (C=O) groups excluding carboxylic acids is 2. The summed E-state index contributed by atoms with van der Waals surface area (Å²) in [6.45, 7) is 0. The third kappa shape index (κ3) is 4.05. The number of carboxylic acids is 1. The molecular weight excluding hydrogens is 485 g/mol. The summed E-state index contributed by atoms with van der Waals surface area (Å²) in [5, 5.41) is 19.0. The third-order valence-corrected chi connectivity index (χ3v) is 5.83. The molecule has 1 aliphatic rings. The Morgan fingerprint density at radius 1 is 1.06 bits per heavy atom. The van der Waals surface area contributed by atoms with E-state index in [-0.39, 0.29) is 38.4 Å². The van der Waals surface area contributed by atoms with E-state index >= 15 is 0 Å². The van der Waals surface area contributed by atoms with Gasteiger partial charge in [0.1, 0.15) is 11.5 Å². The fraction of sp³-hybridized carbons (Fsp3) is 0.130. The van der Waals surface area contributed by atoms with Crippen molar-refractivity contribution in [2.75, 3.05) is 19.1 Å². The molecule has 0 amide bonds. The fourth-order valence-corrected chi connectivity index (χ4v) is 4.29. The molecule has 1 atom stereocenters. The van der Waals surface area contributed by atoms with E-state index in [4.69, 9.17) is 38.4 Å². The lowest BCUT2D eigenvalue weighted by Gasteiger charge is -2.36. The summed E-state index contributed by atoms with van der Waals surface area (Å²) in [4.78, 5) is 38.8. The SMILES string of the molecule is COC(=O)C1=C(C(=O)OC)N(c2ccc(Cl)c(C(=O)O)c2Cl)C(N)=C(C#N)C1c1ccccc1. The highest BCUT2D eigenvalue weighted by molar-refractivity contribution is 6.41. The number of methoxy groups -OCH3 is 2. The molecule has 0 radical (unpaired) electrons. The molecule has 0 saturated carbocycles. The van der Waals surface area contributed by atoms with Crippen LogP contribution in [0.25, 0.3) is 0 Å². The first-order valence-electron chi connectivity index (χ1n) is 9.56. The summed E-state index contributed by atoms with van der Waals surface area (Å²) in [7, 11) is 2.20. The molecule has 0 saturated heterocycles. The Morgan fingerprint density at radius 3 is 2.21 bits per heavy atom. The van der Waals surface area contributed by atoms with Crippen molar-refractivity contribution in [3.8, 4) is 6.07 Å². The minimum absolute atomic E-state index is 0.0952. The first kappa shape index (κ1) is 24.6. The maximum atomic E-state index is 13.0. The lowest BCUT2D eigenvalue weighted by atomic mass is 9.81. The molecule has 1 aliphatic heterocycles. The topological polar surface area (TPSA) is 143 Å². The number of rotatable bonds is 5. The van der Waals surface area contributed by atoms with Gasteiger partial charge in [-0.25, -0.2) is 14.4 Å². The molecule has 0 aliphatic carbocycles. The predicted molar refractivity (Wildman–Crippen MR) is 123 cm³/mol. The van der Waals surface area contributed by atoms with Crippen LogP contribution in [0, 0.1) is 11.3 Å². The van der Waals surface area contributed by atoms with Crippen molar-refractivity contribution in [2.24, 2.45) is 5.73 Å². The molecule has 2 aromatic carbocycles. The van der Waals surface area contributed by atoms with Crippen molar-refractivity contribution in [3.63, 3.8) is 0 Å². The molecule has 0 bridgehead atoms. The van der Waals surface area contributed by atoms with Gasteiger partial charge in [0.05, 0.1) is 58.6 Å². The molecule has 3 N–H and O–H groups in total. The summed E-state index contributed by atoms with van der Waals surface area (Å²) in [5.41, 5.74) is 5.55. The van der Waals surface area contributed by atoms with Crippen LogP contribution in [0.3, 0.4) is 0 Å². The normalized spacial score (nSPS) is 15.6. The first-order chi connectivity index (χ1) is 16.2. The van der Waals surface area contributed by atoms with E-state index in [0.717, 1.165) is 19.1 Å². The van der Waals surface area contributed by atoms with E-state index in [0.29, 0.717) is 5.56 Å². The number of nitriles is 1.